The third-order valence-corrected chi connectivity index (χ3v) is 15.4. The molecule has 3 nitrogen and oxygen atoms in total. The standard InChI is InChI=1S/C28H46O3Si/c1-18(17-31-32(7,8)26(2,3)4)21-9-10-22-25-23(12-14-28(21,22)6)27(5)13-11-20(29)15-19(27)16-24(25)30/h11,13,15,18,21-25,30H,9-10,12,14,16-17H2,1-8H3/t18-,21-,22?,23?,24?,25?,27+,28-/m1/s1. The molecule has 0 bridgehead atoms. The van der Waals surface area contributed by atoms with Crippen molar-refractivity contribution in [3.05, 3.63) is 23.8 Å². The van der Waals surface area contributed by atoms with Gasteiger partial charge in [-0.2, -0.15) is 0 Å². The predicted octanol–water partition coefficient (Wildman–Crippen LogP) is 6.54. The summed E-state index contributed by atoms with van der Waals surface area (Å²) < 4.78 is 6.66. The van der Waals surface area contributed by atoms with Gasteiger partial charge in [0.05, 0.1) is 6.10 Å². The lowest BCUT2D eigenvalue weighted by molar-refractivity contribution is -0.113. The van der Waals surface area contributed by atoms with Gasteiger partial charge in [-0.3, -0.25) is 4.79 Å². The molecule has 0 aromatic rings. The normalized spacial score (nSPS) is 42.7. The number of fused-ring (bicyclic) bond motifs is 5. The first-order valence-electron chi connectivity index (χ1n) is 13.0. The number of carbonyl (C=O) groups is 1. The van der Waals surface area contributed by atoms with E-state index in [0.29, 0.717) is 36.0 Å². The summed E-state index contributed by atoms with van der Waals surface area (Å²) in [5, 5.41) is 11.6. The number of aliphatic hydroxyl groups excluding tert-OH is 1. The van der Waals surface area contributed by atoms with E-state index in [1.807, 2.05) is 6.08 Å². The van der Waals surface area contributed by atoms with Crippen molar-refractivity contribution >= 4 is 14.1 Å². The van der Waals surface area contributed by atoms with E-state index in [1.165, 1.54) is 19.3 Å². The zero-order valence-electron chi connectivity index (χ0n) is 21.7. The van der Waals surface area contributed by atoms with Crippen LogP contribution in [0.3, 0.4) is 0 Å². The van der Waals surface area contributed by atoms with Crippen LogP contribution < -0.4 is 0 Å². The van der Waals surface area contributed by atoms with Crippen molar-refractivity contribution < 1.29 is 14.3 Å². The highest BCUT2D eigenvalue weighted by Gasteiger charge is 2.61. The quantitative estimate of drug-likeness (QED) is 0.487. The van der Waals surface area contributed by atoms with Crippen LogP contribution in [0.25, 0.3) is 0 Å². The third kappa shape index (κ3) is 3.73. The van der Waals surface area contributed by atoms with Crippen molar-refractivity contribution in [3.8, 4) is 0 Å². The van der Waals surface area contributed by atoms with E-state index in [4.69, 9.17) is 4.43 Å². The molecule has 180 valence electrons. The topological polar surface area (TPSA) is 46.5 Å². The fraction of sp³-hybridized carbons (Fsp3) is 0.821. The van der Waals surface area contributed by atoms with Crippen molar-refractivity contribution in [2.24, 2.45) is 40.4 Å². The maximum Gasteiger partial charge on any atom is 0.191 e. The van der Waals surface area contributed by atoms with E-state index in [2.05, 4.69) is 60.7 Å². The minimum atomic E-state index is -1.74. The number of allylic oxidation sites excluding steroid dienone is 3. The van der Waals surface area contributed by atoms with Crippen LogP contribution in [-0.2, 0) is 9.22 Å². The molecule has 32 heavy (non-hydrogen) atoms. The van der Waals surface area contributed by atoms with Gasteiger partial charge in [-0.1, -0.05) is 53.2 Å². The van der Waals surface area contributed by atoms with Gasteiger partial charge in [-0.25, -0.2) is 0 Å². The lowest BCUT2D eigenvalue weighted by atomic mass is 9.46. The van der Waals surface area contributed by atoms with Crippen LogP contribution in [0.2, 0.25) is 18.1 Å². The van der Waals surface area contributed by atoms with Gasteiger partial charge in [0.1, 0.15) is 0 Å². The summed E-state index contributed by atoms with van der Waals surface area (Å²) in [7, 11) is -1.74. The van der Waals surface area contributed by atoms with Gasteiger partial charge in [-0.05, 0) is 97.4 Å². The van der Waals surface area contributed by atoms with E-state index in [9.17, 15) is 9.90 Å². The molecule has 3 saturated carbocycles. The highest BCUT2D eigenvalue weighted by molar-refractivity contribution is 6.74. The molecule has 4 aliphatic rings. The Morgan fingerprint density at radius 3 is 2.53 bits per heavy atom. The largest absolute Gasteiger partial charge is 0.417 e. The molecule has 0 aromatic carbocycles. The summed E-state index contributed by atoms with van der Waals surface area (Å²) >= 11 is 0. The second-order valence-corrected chi connectivity index (χ2v) is 18.3. The van der Waals surface area contributed by atoms with Crippen molar-refractivity contribution in [1.29, 1.82) is 0 Å². The van der Waals surface area contributed by atoms with Crippen molar-refractivity contribution in [1.82, 2.24) is 0 Å². The number of hydrogen-bond donors (Lipinski definition) is 1. The van der Waals surface area contributed by atoms with Crippen molar-refractivity contribution in [3.63, 3.8) is 0 Å². The number of rotatable bonds is 4. The van der Waals surface area contributed by atoms with Gasteiger partial charge in [0, 0.05) is 12.0 Å². The van der Waals surface area contributed by atoms with Crippen LogP contribution in [0.1, 0.15) is 73.6 Å². The van der Waals surface area contributed by atoms with Crippen LogP contribution in [-0.4, -0.2) is 31.9 Å². The third-order valence-electron chi connectivity index (χ3n) is 10.9. The second-order valence-electron chi connectivity index (χ2n) is 13.5. The summed E-state index contributed by atoms with van der Waals surface area (Å²) in [6.07, 6.45) is 10.9. The highest BCUT2D eigenvalue weighted by atomic mass is 28.4. The van der Waals surface area contributed by atoms with Gasteiger partial charge < -0.3 is 9.53 Å². The average molecular weight is 459 g/mol. The molecule has 4 unspecified atom stereocenters. The molecule has 0 radical (unpaired) electrons. The first-order chi connectivity index (χ1) is 14.7. The summed E-state index contributed by atoms with van der Waals surface area (Å²) in [5.41, 5.74) is 1.38. The number of ketones is 1. The summed E-state index contributed by atoms with van der Waals surface area (Å²) in [6, 6.07) is 0. The molecule has 0 amide bonds. The molecule has 1 N–H and O–H groups in total. The Morgan fingerprint density at radius 2 is 1.88 bits per heavy atom. The van der Waals surface area contributed by atoms with E-state index < -0.39 is 8.32 Å². The number of carbonyl (C=O) groups excluding carboxylic acids is 1. The molecule has 4 aliphatic carbocycles. The monoisotopic (exact) mass is 458 g/mol. The first-order valence-corrected chi connectivity index (χ1v) is 15.9. The molecule has 0 saturated heterocycles. The Morgan fingerprint density at radius 1 is 1.19 bits per heavy atom. The fourth-order valence-electron chi connectivity index (χ4n) is 7.82. The lowest BCUT2D eigenvalue weighted by Crippen LogP contribution is -2.55. The average Bonchev–Trinajstić information content (AvgIpc) is 3.04. The number of hydrogen-bond acceptors (Lipinski definition) is 3. The van der Waals surface area contributed by atoms with Crippen LogP contribution in [0.5, 0.6) is 0 Å². The Hall–Kier alpha value is -0.713. The SMILES string of the molecule is C[C@H](CO[Si](C)(C)C(C)(C)C)[C@H]1CCC2C3C(O)CC4=CC(=O)C=C[C@]4(C)C3CC[C@@]21C. The van der Waals surface area contributed by atoms with Gasteiger partial charge in [0.25, 0.3) is 0 Å². The smallest absolute Gasteiger partial charge is 0.191 e. The zero-order valence-corrected chi connectivity index (χ0v) is 22.7. The van der Waals surface area contributed by atoms with E-state index in [-0.39, 0.29) is 27.8 Å². The Bertz CT molecular complexity index is 821. The Kier molecular flexibility index (Phi) is 6.04. The van der Waals surface area contributed by atoms with Crippen LogP contribution >= 0.6 is 0 Å². The van der Waals surface area contributed by atoms with Gasteiger partial charge in [-0.15, -0.1) is 0 Å². The molecular formula is C28H46O3Si. The van der Waals surface area contributed by atoms with Crippen molar-refractivity contribution in [2.45, 2.75) is 97.9 Å². The molecule has 0 spiro atoms. The Balaban J connectivity index is 1.53. The first kappa shape index (κ1) is 24.4. The molecule has 0 aromatic heterocycles. The van der Waals surface area contributed by atoms with Gasteiger partial charge >= 0.3 is 0 Å². The zero-order chi connectivity index (χ0) is 23.7. The summed E-state index contributed by atoms with van der Waals surface area (Å²) in [5.74, 6) is 2.65. The fourth-order valence-corrected chi connectivity index (χ4v) is 8.93. The van der Waals surface area contributed by atoms with E-state index in [0.717, 1.165) is 18.6 Å². The summed E-state index contributed by atoms with van der Waals surface area (Å²) in [6.45, 7) is 19.8. The molecule has 8 atom stereocenters. The summed E-state index contributed by atoms with van der Waals surface area (Å²) in [4.78, 5) is 12.0. The molecule has 4 heteroatoms. The minimum absolute atomic E-state index is 0.0612. The van der Waals surface area contributed by atoms with Gasteiger partial charge in [0.15, 0.2) is 14.1 Å². The molecule has 3 fully saturated rings. The Labute approximate surface area is 197 Å². The van der Waals surface area contributed by atoms with Crippen LogP contribution in [0.4, 0.5) is 0 Å². The minimum Gasteiger partial charge on any atom is -0.417 e. The van der Waals surface area contributed by atoms with Crippen LogP contribution in [0, 0.1) is 40.4 Å². The maximum absolute atomic E-state index is 12.0. The molecule has 0 heterocycles. The maximum atomic E-state index is 12.0. The highest BCUT2D eigenvalue weighted by Crippen LogP contribution is 2.67. The predicted molar refractivity (Wildman–Crippen MR) is 134 cm³/mol. The van der Waals surface area contributed by atoms with Crippen LogP contribution in [0.15, 0.2) is 23.8 Å². The number of aliphatic hydroxyl groups is 1. The molecular weight excluding hydrogens is 412 g/mol. The molecule has 0 aliphatic heterocycles. The van der Waals surface area contributed by atoms with E-state index >= 15 is 0 Å². The van der Waals surface area contributed by atoms with E-state index in [1.54, 1.807) is 6.08 Å². The second kappa shape index (κ2) is 7.92. The lowest BCUT2D eigenvalue weighted by Gasteiger charge is -2.59. The van der Waals surface area contributed by atoms with Crippen molar-refractivity contribution in [2.75, 3.05) is 6.61 Å². The molecule has 4 rings (SSSR count). The van der Waals surface area contributed by atoms with Gasteiger partial charge in [0.2, 0.25) is 0 Å².